The zero-order chi connectivity index (χ0) is 11.9. The van der Waals surface area contributed by atoms with Gasteiger partial charge >= 0.3 is 6.09 Å². The second-order valence-corrected chi connectivity index (χ2v) is 3.56. The Morgan fingerprint density at radius 3 is 2.25 bits per heavy atom. The molecule has 2 rings (SSSR count). The molecule has 1 saturated heterocycles. The third-order valence-corrected chi connectivity index (χ3v) is 2.37. The number of nitrogens with one attached hydrogen (secondary N) is 1. The number of halogens is 3. The fourth-order valence-corrected chi connectivity index (χ4v) is 1.61. The van der Waals surface area contributed by atoms with Crippen molar-refractivity contribution in [3.63, 3.8) is 0 Å². The molecule has 0 saturated carbocycles. The van der Waals surface area contributed by atoms with E-state index < -0.39 is 35.7 Å². The summed E-state index contributed by atoms with van der Waals surface area (Å²) in [5.74, 6) is -4.14. The zero-order valence-electron chi connectivity index (χ0n) is 8.26. The first kappa shape index (κ1) is 10.8. The summed E-state index contributed by atoms with van der Waals surface area (Å²) in [5.41, 5.74) is 0.0854. The summed E-state index contributed by atoms with van der Waals surface area (Å²) in [6.45, 7) is 1.62. The highest BCUT2D eigenvalue weighted by atomic mass is 19.2. The topological polar surface area (TPSA) is 38.3 Å². The van der Waals surface area contributed by atoms with Crippen LogP contribution in [0.3, 0.4) is 0 Å². The van der Waals surface area contributed by atoms with Crippen LogP contribution in [-0.4, -0.2) is 12.1 Å². The minimum Gasteiger partial charge on any atom is -0.439 e. The normalized spacial score (nSPS) is 24.1. The highest BCUT2D eigenvalue weighted by molar-refractivity contribution is 5.70. The van der Waals surface area contributed by atoms with E-state index in [2.05, 4.69) is 5.32 Å². The molecule has 1 heterocycles. The fraction of sp³-hybridized carbons (Fsp3) is 0.300. The Balaban J connectivity index is 2.38. The molecule has 1 aliphatic rings. The Bertz CT molecular complexity index is 427. The number of ether oxygens (including phenoxy) is 1. The number of hydrogen-bond donors (Lipinski definition) is 1. The van der Waals surface area contributed by atoms with Crippen molar-refractivity contribution in [1.29, 1.82) is 0 Å². The van der Waals surface area contributed by atoms with Gasteiger partial charge in [-0.05, 0) is 19.1 Å². The first-order valence-corrected chi connectivity index (χ1v) is 4.60. The average Bonchev–Trinajstić information content (AvgIpc) is 2.53. The summed E-state index contributed by atoms with van der Waals surface area (Å²) in [6, 6.07) is 1.22. The molecule has 0 spiro atoms. The van der Waals surface area contributed by atoms with Crippen LogP contribution in [-0.2, 0) is 4.74 Å². The van der Waals surface area contributed by atoms with Crippen LogP contribution in [0.25, 0.3) is 0 Å². The Morgan fingerprint density at radius 2 is 1.81 bits per heavy atom. The van der Waals surface area contributed by atoms with Crippen LogP contribution < -0.4 is 5.32 Å². The highest BCUT2D eigenvalue weighted by Crippen LogP contribution is 2.28. The predicted octanol–water partition coefficient (Wildman–Crippen LogP) is 2.27. The molecule has 0 radical (unpaired) electrons. The lowest BCUT2D eigenvalue weighted by Gasteiger charge is -2.13. The molecule has 1 aliphatic heterocycles. The van der Waals surface area contributed by atoms with Crippen LogP contribution in [0, 0.1) is 17.5 Å². The van der Waals surface area contributed by atoms with Crippen LogP contribution >= 0.6 is 0 Å². The molecular weight excluding hydrogens is 223 g/mol. The van der Waals surface area contributed by atoms with E-state index in [4.69, 9.17) is 4.74 Å². The number of carbonyl (C=O) groups is 1. The van der Waals surface area contributed by atoms with Crippen LogP contribution in [0.2, 0.25) is 0 Å². The van der Waals surface area contributed by atoms with E-state index in [0.717, 1.165) is 12.1 Å². The third-order valence-electron chi connectivity index (χ3n) is 2.37. The maximum atomic E-state index is 12.9. The van der Waals surface area contributed by atoms with Crippen LogP contribution in [0.15, 0.2) is 12.1 Å². The fourth-order valence-electron chi connectivity index (χ4n) is 1.61. The van der Waals surface area contributed by atoms with Gasteiger partial charge in [0.25, 0.3) is 0 Å². The molecular formula is C10H8F3NO2. The van der Waals surface area contributed by atoms with Crippen LogP contribution in [0.5, 0.6) is 0 Å². The van der Waals surface area contributed by atoms with Crippen molar-refractivity contribution in [2.75, 3.05) is 0 Å². The van der Waals surface area contributed by atoms with Gasteiger partial charge in [0.2, 0.25) is 0 Å². The van der Waals surface area contributed by atoms with Gasteiger partial charge in [-0.3, -0.25) is 0 Å². The number of alkyl carbamates (subject to hydrolysis) is 1. The van der Waals surface area contributed by atoms with Crippen molar-refractivity contribution in [3.05, 3.63) is 35.1 Å². The maximum Gasteiger partial charge on any atom is 0.408 e. The third kappa shape index (κ3) is 1.70. The van der Waals surface area contributed by atoms with Gasteiger partial charge in [-0.1, -0.05) is 0 Å². The first-order valence-electron chi connectivity index (χ1n) is 4.60. The lowest BCUT2D eigenvalue weighted by Crippen LogP contribution is -2.24. The summed E-state index contributed by atoms with van der Waals surface area (Å²) in [6.07, 6.45) is -1.47. The van der Waals surface area contributed by atoms with Gasteiger partial charge in [0.15, 0.2) is 17.5 Å². The maximum absolute atomic E-state index is 12.9. The number of rotatable bonds is 1. The number of amides is 1. The first-order chi connectivity index (χ1) is 7.49. The van der Waals surface area contributed by atoms with E-state index in [1.54, 1.807) is 6.92 Å². The molecule has 1 N–H and O–H groups in total. The van der Waals surface area contributed by atoms with Crippen molar-refractivity contribution in [2.45, 2.75) is 19.1 Å². The van der Waals surface area contributed by atoms with Gasteiger partial charge in [-0.15, -0.1) is 0 Å². The molecule has 0 bridgehead atoms. The minimum absolute atomic E-state index is 0.0854. The van der Waals surface area contributed by atoms with Gasteiger partial charge in [0.05, 0.1) is 6.04 Å². The lowest BCUT2D eigenvalue weighted by atomic mass is 10.0. The molecule has 0 aliphatic carbocycles. The van der Waals surface area contributed by atoms with Gasteiger partial charge in [0.1, 0.15) is 6.10 Å². The molecule has 16 heavy (non-hydrogen) atoms. The molecule has 6 heteroatoms. The SMILES string of the molecule is CC1NC(=O)OC1c1cc(F)c(F)c(F)c1. The van der Waals surface area contributed by atoms with Gasteiger partial charge in [-0.25, -0.2) is 18.0 Å². The quantitative estimate of drug-likeness (QED) is 0.753. The molecule has 1 aromatic carbocycles. The minimum atomic E-state index is -1.53. The largest absolute Gasteiger partial charge is 0.439 e. The molecule has 86 valence electrons. The van der Waals surface area contributed by atoms with Crippen molar-refractivity contribution in [3.8, 4) is 0 Å². The van der Waals surface area contributed by atoms with Crippen molar-refractivity contribution >= 4 is 6.09 Å². The van der Waals surface area contributed by atoms with E-state index in [-0.39, 0.29) is 5.56 Å². The summed E-state index contributed by atoms with van der Waals surface area (Å²) >= 11 is 0. The average molecular weight is 231 g/mol. The number of hydrogen-bond acceptors (Lipinski definition) is 2. The second-order valence-electron chi connectivity index (χ2n) is 3.56. The lowest BCUT2D eigenvalue weighted by molar-refractivity contribution is 0.133. The summed E-state index contributed by atoms with van der Waals surface area (Å²) < 4.78 is 43.4. The van der Waals surface area contributed by atoms with E-state index in [0.29, 0.717) is 0 Å². The highest BCUT2D eigenvalue weighted by Gasteiger charge is 2.33. The number of benzene rings is 1. The molecule has 0 aromatic heterocycles. The van der Waals surface area contributed by atoms with E-state index in [9.17, 15) is 18.0 Å². The van der Waals surface area contributed by atoms with Gasteiger partial charge in [0, 0.05) is 5.56 Å². The monoisotopic (exact) mass is 231 g/mol. The summed E-state index contributed by atoms with van der Waals surface area (Å²) in [7, 11) is 0. The van der Waals surface area contributed by atoms with Crippen LogP contribution in [0.4, 0.5) is 18.0 Å². The van der Waals surface area contributed by atoms with Crippen LogP contribution in [0.1, 0.15) is 18.6 Å². The summed E-state index contributed by atoms with van der Waals surface area (Å²) in [5, 5.41) is 2.42. The van der Waals surface area contributed by atoms with Crippen molar-refractivity contribution in [1.82, 2.24) is 5.32 Å². The second kappa shape index (κ2) is 3.70. The van der Waals surface area contributed by atoms with E-state index in [1.165, 1.54) is 0 Å². The zero-order valence-corrected chi connectivity index (χ0v) is 8.26. The molecule has 2 unspecified atom stereocenters. The molecule has 1 fully saturated rings. The van der Waals surface area contributed by atoms with E-state index in [1.807, 2.05) is 0 Å². The Kier molecular flexibility index (Phi) is 2.49. The molecule has 3 nitrogen and oxygen atoms in total. The Labute approximate surface area is 89.2 Å². The molecule has 1 aromatic rings. The van der Waals surface area contributed by atoms with Gasteiger partial charge < -0.3 is 10.1 Å². The standard InChI is InChI=1S/C10H8F3NO2/c1-4-9(16-10(15)14-4)5-2-6(11)8(13)7(12)3-5/h2-4,9H,1H3,(H,14,15). The predicted molar refractivity (Wildman–Crippen MR) is 48.1 cm³/mol. The summed E-state index contributed by atoms with van der Waals surface area (Å²) in [4.78, 5) is 10.9. The molecule has 1 amide bonds. The number of cyclic esters (lactones) is 1. The van der Waals surface area contributed by atoms with E-state index >= 15 is 0 Å². The van der Waals surface area contributed by atoms with Crippen molar-refractivity contribution < 1.29 is 22.7 Å². The Morgan fingerprint density at radius 1 is 1.25 bits per heavy atom. The Hall–Kier alpha value is -1.72. The van der Waals surface area contributed by atoms with Gasteiger partial charge in [-0.2, -0.15) is 0 Å². The molecule has 2 atom stereocenters. The smallest absolute Gasteiger partial charge is 0.408 e. The van der Waals surface area contributed by atoms with Crippen molar-refractivity contribution in [2.24, 2.45) is 0 Å². The number of carbonyl (C=O) groups excluding carboxylic acids is 1.